The smallest absolute Gasteiger partial charge is 0.0544 e. The largest absolute Gasteiger partial charge is 0.354 e. The normalized spacial score (nSPS) is 11.5. The van der Waals surface area contributed by atoms with E-state index in [1.165, 1.54) is 99.3 Å². The van der Waals surface area contributed by atoms with E-state index in [0.717, 1.165) is 16.7 Å². The van der Waals surface area contributed by atoms with Gasteiger partial charge in [-0.05, 0) is 110 Å². The van der Waals surface area contributed by atoms with Crippen LogP contribution in [0.3, 0.4) is 0 Å². The Morgan fingerprint density at radius 3 is 1.45 bits per heavy atom. The van der Waals surface area contributed by atoms with Crippen molar-refractivity contribution >= 4 is 43.6 Å². The number of hydrogen-bond donors (Lipinski definition) is 1. The molecule has 2 heterocycles. The van der Waals surface area contributed by atoms with Crippen molar-refractivity contribution in [2.24, 2.45) is 0 Å². The Balaban J connectivity index is 0.860. The molecule has 2 nitrogen and oxygen atoms in total. The van der Waals surface area contributed by atoms with Gasteiger partial charge >= 0.3 is 0 Å². The molecule has 290 valence electrons. The molecule has 2 aromatic heterocycles. The molecule has 10 aromatic carbocycles. The maximum atomic E-state index is 3.79. The van der Waals surface area contributed by atoms with Gasteiger partial charge in [-0.15, -0.1) is 0 Å². The van der Waals surface area contributed by atoms with E-state index in [-0.39, 0.29) is 0 Å². The molecule has 1 N–H and O–H groups in total. The number of benzene rings is 10. The third-order valence-corrected chi connectivity index (χ3v) is 12.6. The van der Waals surface area contributed by atoms with Crippen LogP contribution in [0.4, 0.5) is 0 Å². The average molecular weight is 789 g/mol. The molecule has 0 saturated heterocycles. The number of nitrogens with zero attached hydrogens (tertiary/aromatic N) is 1. The lowest BCUT2D eigenvalue weighted by Gasteiger charge is -2.11. The van der Waals surface area contributed by atoms with E-state index < -0.39 is 0 Å². The van der Waals surface area contributed by atoms with Crippen molar-refractivity contribution in [2.75, 3.05) is 0 Å². The van der Waals surface area contributed by atoms with Gasteiger partial charge < -0.3 is 9.55 Å². The van der Waals surface area contributed by atoms with E-state index in [0.29, 0.717) is 0 Å². The van der Waals surface area contributed by atoms with Crippen LogP contribution in [-0.4, -0.2) is 9.55 Å². The molecule has 0 atom stereocenters. The summed E-state index contributed by atoms with van der Waals surface area (Å²) in [7, 11) is 0. The molecule has 12 rings (SSSR count). The summed E-state index contributed by atoms with van der Waals surface area (Å²) in [5, 5.41) is 4.96. The van der Waals surface area contributed by atoms with Crippen molar-refractivity contribution in [3.8, 4) is 72.4 Å². The predicted molar refractivity (Wildman–Crippen MR) is 263 cm³/mol. The Bertz CT molecular complexity index is 3590. The Kier molecular flexibility index (Phi) is 8.53. The van der Waals surface area contributed by atoms with Crippen molar-refractivity contribution in [1.82, 2.24) is 9.55 Å². The zero-order valence-electron chi connectivity index (χ0n) is 34.0. The van der Waals surface area contributed by atoms with Crippen LogP contribution in [0.1, 0.15) is 0 Å². The van der Waals surface area contributed by atoms with Crippen LogP contribution in [0.15, 0.2) is 237 Å². The van der Waals surface area contributed by atoms with Crippen molar-refractivity contribution in [3.05, 3.63) is 237 Å². The molecule has 0 aliphatic rings. The average Bonchev–Trinajstić information content (AvgIpc) is 3.90. The van der Waals surface area contributed by atoms with Gasteiger partial charge in [-0.3, -0.25) is 0 Å². The summed E-state index contributed by atoms with van der Waals surface area (Å²) in [6.07, 6.45) is 0. The second-order valence-corrected chi connectivity index (χ2v) is 16.2. The molecule has 0 radical (unpaired) electrons. The van der Waals surface area contributed by atoms with Crippen molar-refractivity contribution in [1.29, 1.82) is 0 Å². The molecule has 12 aromatic rings. The van der Waals surface area contributed by atoms with Gasteiger partial charge in [-0.25, -0.2) is 0 Å². The van der Waals surface area contributed by atoms with Crippen molar-refractivity contribution in [2.45, 2.75) is 0 Å². The molecule has 0 aliphatic carbocycles. The van der Waals surface area contributed by atoms with Crippen LogP contribution < -0.4 is 0 Å². The van der Waals surface area contributed by atoms with Gasteiger partial charge in [0.05, 0.1) is 16.6 Å². The van der Waals surface area contributed by atoms with Crippen LogP contribution in [0, 0.1) is 0 Å². The maximum absolute atomic E-state index is 3.79. The second-order valence-electron chi connectivity index (χ2n) is 16.2. The summed E-state index contributed by atoms with van der Waals surface area (Å²) in [4.78, 5) is 3.79. The summed E-state index contributed by atoms with van der Waals surface area (Å²) in [5.41, 5.74) is 20.4. The van der Waals surface area contributed by atoms with Crippen LogP contribution in [0.25, 0.3) is 116 Å². The maximum Gasteiger partial charge on any atom is 0.0544 e. The summed E-state index contributed by atoms with van der Waals surface area (Å²) in [6, 6.07) is 85.9. The number of nitrogens with one attached hydrogen (secondary N) is 1. The fourth-order valence-electron chi connectivity index (χ4n) is 9.51. The van der Waals surface area contributed by atoms with Crippen LogP contribution >= 0.6 is 0 Å². The molecule has 0 spiro atoms. The molecule has 0 saturated carbocycles. The first-order valence-corrected chi connectivity index (χ1v) is 21.3. The zero-order chi connectivity index (χ0) is 41.0. The number of aromatic nitrogens is 2. The number of aromatic amines is 1. The molecule has 0 bridgehead atoms. The molecule has 0 fully saturated rings. The highest BCUT2D eigenvalue weighted by Crippen LogP contribution is 2.40. The monoisotopic (exact) mass is 788 g/mol. The number of hydrogen-bond acceptors (Lipinski definition) is 0. The highest BCUT2D eigenvalue weighted by atomic mass is 15.0. The van der Waals surface area contributed by atoms with Gasteiger partial charge in [0.1, 0.15) is 0 Å². The van der Waals surface area contributed by atoms with E-state index in [1.54, 1.807) is 0 Å². The highest BCUT2D eigenvalue weighted by molar-refractivity contribution is 6.14. The lowest BCUT2D eigenvalue weighted by molar-refractivity contribution is 1.18. The Labute approximate surface area is 360 Å². The Morgan fingerprint density at radius 1 is 0.258 bits per heavy atom. The highest BCUT2D eigenvalue weighted by Gasteiger charge is 2.16. The quantitative estimate of drug-likeness (QED) is 0.166. The first-order chi connectivity index (χ1) is 30.7. The van der Waals surface area contributed by atoms with Crippen molar-refractivity contribution < 1.29 is 0 Å². The van der Waals surface area contributed by atoms with E-state index in [2.05, 4.69) is 246 Å². The van der Waals surface area contributed by atoms with E-state index in [9.17, 15) is 0 Å². The van der Waals surface area contributed by atoms with E-state index >= 15 is 0 Å². The minimum absolute atomic E-state index is 1.14. The van der Waals surface area contributed by atoms with Gasteiger partial charge in [-0.1, -0.05) is 188 Å². The summed E-state index contributed by atoms with van der Waals surface area (Å²) in [6.45, 7) is 0. The molecule has 0 aliphatic heterocycles. The fraction of sp³-hybridized carbons (Fsp3) is 0. The lowest BCUT2D eigenvalue weighted by Crippen LogP contribution is -1.93. The summed E-state index contributed by atoms with van der Waals surface area (Å²) in [5.74, 6) is 0. The Hall–Kier alpha value is -8.20. The molecule has 0 unspecified atom stereocenters. The van der Waals surface area contributed by atoms with Crippen LogP contribution in [0.5, 0.6) is 0 Å². The van der Waals surface area contributed by atoms with Crippen molar-refractivity contribution in [3.63, 3.8) is 0 Å². The molecular weight excluding hydrogens is 749 g/mol. The van der Waals surface area contributed by atoms with Gasteiger partial charge in [0, 0.05) is 38.3 Å². The molecule has 62 heavy (non-hydrogen) atoms. The first kappa shape index (κ1) is 35.7. The number of rotatable bonds is 7. The SMILES string of the molecule is c1ccc(-c2cccc(-c3ccc(-n4c5ccccc5c5cc(-c6ccc(-c7ccc8[nH]c9c(-c%10ccccc%10-c%10ccccc%10)cccc9c8c7)cc6)ccc54)cc3)c2)cc1. The number of fused-ring (bicyclic) bond motifs is 6. The number of H-pyrrole nitrogens is 1. The molecule has 0 amide bonds. The van der Waals surface area contributed by atoms with Gasteiger partial charge in [-0.2, -0.15) is 0 Å². The minimum atomic E-state index is 1.14. The predicted octanol–water partition coefficient (Wildman–Crippen LogP) is 16.4. The molecular formula is C60H40N2. The topological polar surface area (TPSA) is 20.7 Å². The Morgan fingerprint density at radius 2 is 0.726 bits per heavy atom. The molecule has 2 heteroatoms. The summed E-state index contributed by atoms with van der Waals surface area (Å²) >= 11 is 0. The van der Waals surface area contributed by atoms with Gasteiger partial charge in [0.25, 0.3) is 0 Å². The van der Waals surface area contributed by atoms with Crippen LogP contribution in [0.2, 0.25) is 0 Å². The fourth-order valence-corrected chi connectivity index (χ4v) is 9.51. The standard InChI is InChI=1S/C60H40N2/c1-3-13-40(14-4-1)45-17-11-18-46(37-45)43-29-33-49(34-30-43)62-58-24-10-9-21-52(58)56-39-48(32-36-59(56)62)42-27-25-41(26-28-42)47-31-35-57-55(38-47)54-23-12-22-53(60(54)61-57)51-20-8-7-19-50(51)44-15-5-2-6-16-44/h1-39,61H. The van der Waals surface area contributed by atoms with Gasteiger partial charge in [0.15, 0.2) is 0 Å². The van der Waals surface area contributed by atoms with E-state index in [4.69, 9.17) is 0 Å². The van der Waals surface area contributed by atoms with E-state index in [1.807, 2.05) is 0 Å². The third-order valence-electron chi connectivity index (χ3n) is 12.6. The third kappa shape index (κ3) is 6.12. The second kappa shape index (κ2) is 14.8. The lowest BCUT2D eigenvalue weighted by atomic mass is 9.93. The number of para-hydroxylation sites is 2. The zero-order valence-corrected chi connectivity index (χ0v) is 34.0. The summed E-state index contributed by atoms with van der Waals surface area (Å²) < 4.78 is 2.40. The minimum Gasteiger partial charge on any atom is -0.354 e. The first-order valence-electron chi connectivity index (χ1n) is 21.3. The van der Waals surface area contributed by atoms with Crippen LogP contribution in [-0.2, 0) is 0 Å². The van der Waals surface area contributed by atoms with Gasteiger partial charge in [0.2, 0.25) is 0 Å².